The zero-order chi connectivity index (χ0) is 15.4. The van der Waals surface area contributed by atoms with Crippen LogP contribution in [0.5, 0.6) is 0 Å². The summed E-state index contributed by atoms with van der Waals surface area (Å²) in [5.74, 6) is 0.444. The average Bonchev–Trinajstić information content (AvgIpc) is 2.70. The second-order valence-electron chi connectivity index (χ2n) is 5.84. The summed E-state index contributed by atoms with van der Waals surface area (Å²) in [6, 6.07) is 11.2. The summed E-state index contributed by atoms with van der Waals surface area (Å²) in [5, 5.41) is 8.07. The number of aromatic nitrogens is 2. The fourth-order valence-corrected chi connectivity index (χ4v) is 3.04. The number of aryl methyl sites for hydroxylation is 2. The highest BCUT2D eigenvalue weighted by Crippen LogP contribution is 2.27. The highest BCUT2D eigenvalue weighted by Gasteiger charge is 2.18. The lowest BCUT2D eigenvalue weighted by Crippen LogP contribution is -2.29. The number of nitrogens with one attached hydrogen (secondary N) is 1. The van der Waals surface area contributed by atoms with Crippen molar-refractivity contribution < 1.29 is 0 Å². The van der Waals surface area contributed by atoms with E-state index in [4.69, 9.17) is 0 Å². The van der Waals surface area contributed by atoms with Crippen LogP contribution < -0.4 is 5.32 Å². The molecule has 114 valence electrons. The Kier molecular flexibility index (Phi) is 5.59. The molecule has 0 saturated heterocycles. The van der Waals surface area contributed by atoms with Gasteiger partial charge in [-0.25, -0.2) is 0 Å². The van der Waals surface area contributed by atoms with Crippen LogP contribution in [0.15, 0.2) is 34.8 Å². The maximum Gasteiger partial charge on any atom is 0.0738 e. The lowest BCUT2D eigenvalue weighted by atomic mass is 9.93. The van der Waals surface area contributed by atoms with Gasteiger partial charge in [0.15, 0.2) is 0 Å². The van der Waals surface area contributed by atoms with Crippen molar-refractivity contribution in [1.82, 2.24) is 15.1 Å². The molecule has 0 spiro atoms. The first-order valence-electron chi connectivity index (χ1n) is 7.45. The highest BCUT2D eigenvalue weighted by atomic mass is 79.9. The van der Waals surface area contributed by atoms with Crippen LogP contribution >= 0.6 is 15.9 Å². The Bertz CT molecular complexity index is 575. The van der Waals surface area contributed by atoms with Crippen molar-refractivity contribution in [2.75, 3.05) is 6.54 Å². The van der Waals surface area contributed by atoms with Crippen molar-refractivity contribution in [2.45, 2.75) is 39.2 Å². The molecule has 0 amide bonds. The summed E-state index contributed by atoms with van der Waals surface area (Å²) in [6.07, 6.45) is 0.974. The Morgan fingerprint density at radius 2 is 1.90 bits per heavy atom. The zero-order valence-corrected chi connectivity index (χ0v) is 14.8. The Labute approximate surface area is 135 Å². The van der Waals surface area contributed by atoms with E-state index in [-0.39, 0.29) is 0 Å². The van der Waals surface area contributed by atoms with Gasteiger partial charge < -0.3 is 5.32 Å². The number of benzene rings is 1. The first kappa shape index (κ1) is 16.2. The molecule has 0 aliphatic heterocycles. The molecule has 1 N–H and O–H groups in total. The van der Waals surface area contributed by atoms with Crippen molar-refractivity contribution in [3.8, 4) is 0 Å². The smallest absolute Gasteiger partial charge is 0.0738 e. The normalized spacial score (nSPS) is 12.9. The molecule has 2 aromatic rings. The molecule has 3 nitrogen and oxygen atoms in total. The molecular weight excluding hydrogens is 326 g/mol. The Morgan fingerprint density at radius 3 is 2.43 bits per heavy atom. The van der Waals surface area contributed by atoms with Gasteiger partial charge in [0, 0.05) is 25.6 Å². The van der Waals surface area contributed by atoms with E-state index in [1.807, 2.05) is 18.7 Å². The molecule has 1 aromatic carbocycles. The third-order valence-corrected chi connectivity index (χ3v) is 4.78. The summed E-state index contributed by atoms with van der Waals surface area (Å²) in [4.78, 5) is 0. The fraction of sp³-hybridized carbons (Fsp3) is 0.471. The van der Waals surface area contributed by atoms with E-state index in [1.54, 1.807) is 0 Å². The average molecular weight is 350 g/mol. The van der Waals surface area contributed by atoms with E-state index in [9.17, 15) is 0 Å². The van der Waals surface area contributed by atoms with Gasteiger partial charge in [0.1, 0.15) is 0 Å². The van der Waals surface area contributed by atoms with Crippen molar-refractivity contribution in [3.63, 3.8) is 0 Å². The van der Waals surface area contributed by atoms with Gasteiger partial charge >= 0.3 is 0 Å². The molecule has 1 unspecified atom stereocenters. The second-order valence-corrected chi connectivity index (χ2v) is 6.64. The summed E-state index contributed by atoms with van der Waals surface area (Å²) in [6.45, 7) is 7.38. The van der Waals surface area contributed by atoms with Crippen molar-refractivity contribution in [3.05, 3.63) is 51.8 Å². The van der Waals surface area contributed by atoms with Crippen LogP contribution in [0.1, 0.15) is 36.7 Å². The topological polar surface area (TPSA) is 29.9 Å². The van der Waals surface area contributed by atoms with Gasteiger partial charge in [-0.1, -0.05) is 44.2 Å². The number of hydrogen-bond donors (Lipinski definition) is 1. The summed E-state index contributed by atoms with van der Waals surface area (Å²) >= 11 is 3.68. The number of halogens is 1. The molecule has 0 fully saturated rings. The van der Waals surface area contributed by atoms with Crippen molar-refractivity contribution in [1.29, 1.82) is 0 Å². The predicted molar refractivity (Wildman–Crippen MR) is 91.7 cm³/mol. The standard InChI is InChI=1S/C17H24BrN3/c1-12(2)19-11-15(14-8-6-5-7-9-14)10-16-17(18)13(3)20-21(16)4/h5-9,12,15,19H,10-11H2,1-4H3. The summed E-state index contributed by atoms with van der Waals surface area (Å²) < 4.78 is 3.13. The first-order valence-corrected chi connectivity index (χ1v) is 8.24. The van der Waals surface area contributed by atoms with Crippen LogP contribution in [-0.4, -0.2) is 22.4 Å². The predicted octanol–water partition coefficient (Wildman–Crippen LogP) is 3.82. The Hall–Kier alpha value is -1.13. The number of rotatable bonds is 6. The lowest BCUT2D eigenvalue weighted by molar-refractivity contribution is 0.516. The molecule has 0 aliphatic rings. The molecule has 0 aliphatic carbocycles. The fourth-order valence-electron chi connectivity index (χ4n) is 2.55. The van der Waals surface area contributed by atoms with Gasteiger partial charge in [-0.3, -0.25) is 4.68 Å². The molecule has 1 heterocycles. The zero-order valence-electron chi connectivity index (χ0n) is 13.2. The monoisotopic (exact) mass is 349 g/mol. The van der Waals surface area contributed by atoms with Gasteiger partial charge in [0.25, 0.3) is 0 Å². The van der Waals surface area contributed by atoms with E-state index in [0.717, 1.165) is 23.1 Å². The van der Waals surface area contributed by atoms with Gasteiger partial charge in [-0.15, -0.1) is 0 Å². The molecule has 4 heteroatoms. The molecule has 0 saturated carbocycles. The second kappa shape index (κ2) is 7.23. The third kappa shape index (κ3) is 4.17. The quantitative estimate of drug-likeness (QED) is 0.859. The summed E-state index contributed by atoms with van der Waals surface area (Å²) in [5.41, 5.74) is 3.68. The minimum atomic E-state index is 0.444. The maximum absolute atomic E-state index is 4.50. The molecule has 1 atom stereocenters. The molecular formula is C17H24BrN3. The van der Waals surface area contributed by atoms with E-state index >= 15 is 0 Å². The Balaban J connectivity index is 2.23. The van der Waals surface area contributed by atoms with Crippen molar-refractivity contribution in [2.24, 2.45) is 7.05 Å². The first-order chi connectivity index (χ1) is 9.99. The van der Waals surface area contributed by atoms with Crippen molar-refractivity contribution >= 4 is 15.9 Å². The largest absolute Gasteiger partial charge is 0.314 e. The van der Waals surface area contributed by atoms with E-state index < -0.39 is 0 Å². The van der Waals surface area contributed by atoms with Gasteiger partial charge in [-0.2, -0.15) is 5.10 Å². The summed E-state index contributed by atoms with van der Waals surface area (Å²) in [7, 11) is 2.02. The molecule has 1 aromatic heterocycles. The third-order valence-electron chi connectivity index (χ3n) is 3.74. The minimum Gasteiger partial charge on any atom is -0.314 e. The van der Waals surface area contributed by atoms with Crippen LogP contribution in [0.3, 0.4) is 0 Å². The van der Waals surface area contributed by atoms with E-state index in [1.165, 1.54) is 11.3 Å². The number of nitrogens with zero attached hydrogens (tertiary/aromatic N) is 2. The van der Waals surface area contributed by atoms with Crippen LogP contribution in [0.4, 0.5) is 0 Å². The molecule has 0 bridgehead atoms. The Morgan fingerprint density at radius 1 is 1.24 bits per heavy atom. The van der Waals surface area contributed by atoms with Crippen LogP contribution in [0.2, 0.25) is 0 Å². The molecule has 21 heavy (non-hydrogen) atoms. The maximum atomic E-state index is 4.50. The van der Waals surface area contributed by atoms with Gasteiger partial charge in [-0.05, 0) is 34.8 Å². The van der Waals surface area contributed by atoms with Crippen LogP contribution in [-0.2, 0) is 13.5 Å². The highest BCUT2D eigenvalue weighted by molar-refractivity contribution is 9.10. The molecule has 2 rings (SSSR count). The number of hydrogen-bond acceptors (Lipinski definition) is 2. The SMILES string of the molecule is Cc1nn(C)c(CC(CNC(C)C)c2ccccc2)c1Br. The van der Waals surface area contributed by atoms with E-state index in [2.05, 4.69) is 70.5 Å². The lowest BCUT2D eigenvalue weighted by Gasteiger charge is -2.20. The minimum absolute atomic E-state index is 0.444. The van der Waals surface area contributed by atoms with Crippen LogP contribution in [0, 0.1) is 6.92 Å². The van der Waals surface area contributed by atoms with Gasteiger partial charge in [0.05, 0.1) is 15.9 Å². The van der Waals surface area contributed by atoms with Crippen LogP contribution in [0.25, 0.3) is 0 Å². The molecule has 0 radical (unpaired) electrons. The van der Waals surface area contributed by atoms with Gasteiger partial charge in [0.2, 0.25) is 0 Å². The van der Waals surface area contributed by atoms with E-state index in [0.29, 0.717) is 12.0 Å².